The molecule has 8 heteroatoms. The molecule has 1 atom stereocenters. The van der Waals surface area contributed by atoms with Gasteiger partial charge in [0.25, 0.3) is 0 Å². The predicted octanol–water partition coefficient (Wildman–Crippen LogP) is 8.05. The highest BCUT2D eigenvalue weighted by molar-refractivity contribution is 5.89. The SMILES string of the molecule is CC(C)(C)OC(=O)c1ccc(CCCCCCCCCCC(=O)N[C@@H](CCC(=O)OCc2ccccc2)C(=O)OC(C)(C)C)cc1. The molecule has 0 aliphatic heterocycles. The van der Waals surface area contributed by atoms with E-state index in [1.54, 1.807) is 20.8 Å². The Labute approximate surface area is 276 Å². The number of carbonyl (C=O) groups excluding carboxylic acids is 4. The van der Waals surface area contributed by atoms with Crippen LogP contribution >= 0.6 is 0 Å². The van der Waals surface area contributed by atoms with Gasteiger partial charge in [-0.2, -0.15) is 0 Å². The summed E-state index contributed by atoms with van der Waals surface area (Å²) in [5.41, 5.74) is 1.48. The average Bonchev–Trinajstić information content (AvgIpc) is 2.98. The zero-order valence-electron chi connectivity index (χ0n) is 28.8. The Kier molecular flexibility index (Phi) is 16.5. The lowest BCUT2D eigenvalue weighted by Crippen LogP contribution is -2.44. The van der Waals surface area contributed by atoms with Gasteiger partial charge in [0.05, 0.1) is 5.56 Å². The lowest BCUT2D eigenvalue weighted by Gasteiger charge is -2.24. The van der Waals surface area contributed by atoms with Crippen LogP contribution in [0.1, 0.15) is 134 Å². The fourth-order valence-electron chi connectivity index (χ4n) is 4.78. The molecule has 254 valence electrons. The van der Waals surface area contributed by atoms with Gasteiger partial charge in [0, 0.05) is 12.8 Å². The Morgan fingerprint density at radius 2 is 1.22 bits per heavy atom. The van der Waals surface area contributed by atoms with Gasteiger partial charge in [0.15, 0.2) is 0 Å². The molecule has 0 radical (unpaired) electrons. The lowest BCUT2D eigenvalue weighted by atomic mass is 10.0. The summed E-state index contributed by atoms with van der Waals surface area (Å²) in [4.78, 5) is 49.9. The molecule has 0 unspecified atom stereocenters. The number of nitrogens with one attached hydrogen (secondary N) is 1. The molecule has 2 rings (SSSR count). The van der Waals surface area contributed by atoms with E-state index in [2.05, 4.69) is 5.32 Å². The smallest absolute Gasteiger partial charge is 0.338 e. The second-order valence-corrected chi connectivity index (χ2v) is 13.9. The first-order valence-corrected chi connectivity index (χ1v) is 16.8. The summed E-state index contributed by atoms with van der Waals surface area (Å²) in [6, 6.07) is 16.2. The number of amides is 1. The molecule has 0 saturated heterocycles. The minimum atomic E-state index is -0.904. The van der Waals surface area contributed by atoms with Gasteiger partial charge < -0.3 is 19.5 Å². The van der Waals surface area contributed by atoms with Crippen LogP contribution in [-0.2, 0) is 41.6 Å². The van der Waals surface area contributed by atoms with Crippen LogP contribution < -0.4 is 5.32 Å². The Balaban J connectivity index is 1.60. The van der Waals surface area contributed by atoms with E-state index in [1.807, 2.05) is 75.4 Å². The first-order valence-electron chi connectivity index (χ1n) is 16.8. The second kappa shape index (κ2) is 19.7. The van der Waals surface area contributed by atoms with Crippen molar-refractivity contribution in [2.24, 2.45) is 0 Å². The largest absolute Gasteiger partial charge is 0.461 e. The van der Waals surface area contributed by atoms with Crippen molar-refractivity contribution in [2.45, 2.75) is 142 Å². The molecule has 2 aromatic carbocycles. The molecule has 0 aromatic heterocycles. The molecule has 1 N–H and O–H groups in total. The van der Waals surface area contributed by atoms with Gasteiger partial charge >= 0.3 is 17.9 Å². The van der Waals surface area contributed by atoms with Gasteiger partial charge in [-0.15, -0.1) is 0 Å². The quantitative estimate of drug-likeness (QED) is 0.0943. The van der Waals surface area contributed by atoms with E-state index in [9.17, 15) is 19.2 Å². The minimum Gasteiger partial charge on any atom is -0.461 e. The Bertz CT molecular complexity index is 1210. The van der Waals surface area contributed by atoms with Crippen LogP contribution in [0.15, 0.2) is 54.6 Å². The van der Waals surface area contributed by atoms with E-state index in [-0.39, 0.29) is 31.3 Å². The fourth-order valence-corrected chi connectivity index (χ4v) is 4.78. The fraction of sp³-hybridized carbons (Fsp3) is 0.579. The van der Waals surface area contributed by atoms with E-state index in [1.165, 1.54) is 12.0 Å². The molecule has 0 bridgehead atoms. The topological polar surface area (TPSA) is 108 Å². The van der Waals surface area contributed by atoms with E-state index >= 15 is 0 Å². The van der Waals surface area contributed by atoms with E-state index in [4.69, 9.17) is 14.2 Å². The van der Waals surface area contributed by atoms with Gasteiger partial charge in [0.2, 0.25) is 5.91 Å². The van der Waals surface area contributed by atoms with Crippen molar-refractivity contribution in [2.75, 3.05) is 0 Å². The maximum Gasteiger partial charge on any atom is 0.338 e. The number of hydrogen-bond acceptors (Lipinski definition) is 7. The summed E-state index contributed by atoms with van der Waals surface area (Å²) < 4.78 is 16.2. The Morgan fingerprint density at radius 3 is 1.80 bits per heavy atom. The van der Waals surface area contributed by atoms with E-state index < -0.39 is 29.2 Å². The first-order chi connectivity index (χ1) is 21.7. The van der Waals surface area contributed by atoms with Crippen molar-refractivity contribution < 1.29 is 33.4 Å². The molecule has 1 amide bonds. The zero-order chi connectivity index (χ0) is 34.0. The summed E-state index contributed by atoms with van der Waals surface area (Å²) in [6.07, 6.45) is 9.88. The predicted molar refractivity (Wildman–Crippen MR) is 180 cm³/mol. The van der Waals surface area contributed by atoms with Gasteiger partial charge in [-0.1, -0.05) is 81.0 Å². The highest BCUT2D eigenvalue weighted by Crippen LogP contribution is 2.16. The van der Waals surface area contributed by atoms with Crippen LogP contribution in [0.2, 0.25) is 0 Å². The molecule has 0 aliphatic carbocycles. The van der Waals surface area contributed by atoms with Crippen LogP contribution in [0.5, 0.6) is 0 Å². The summed E-state index contributed by atoms with van der Waals surface area (Å²) in [5.74, 6) is -1.48. The Hall–Kier alpha value is -3.68. The monoisotopic (exact) mass is 637 g/mol. The van der Waals surface area contributed by atoms with Gasteiger partial charge in [0.1, 0.15) is 23.9 Å². The van der Waals surface area contributed by atoms with Crippen molar-refractivity contribution in [3.8, 4) is 0 Å². The van der Waals surface area contributed by atoms with E-state index in [0.717, 1.165) is 56.9 Å². The highest BCUT2D eigenvalue weighted by Gasteiger charge is 2.27. The maximum atomic E-state index is 12.8. The van der Waals surface area contributed by atoms with Gasteiger partial charge in [-0.3, -0.25) is 9.59 Å². The molecule has 0 saturated carbocycles. The molecule has 0 fully saturated rings. The van der Waals surface area contributed by atoms with Crippen molar-refractivity contribution in [3.63, 3.8) is 0 Å². The molecule has 0 heterocycles. The number of hydrogen-bond donors (Lipinski definition) is 1. The maximum absolute atomic E-state index is 12.8. The molecule has 46 heavy (non-hydrogen) atoms. The summed E-state index contributed by atoms with van der Waals surface area (Å²) in [6.45, 7) is 11.1. The number of rotatable bonds is 19. The summed E-state index contributed by atoms with van der Waals surface area (Å²) in [7, 11) is 0. The third kappa shape index (κ3) is 17.7. The van der Waals surface area contributed by atoms with E-state index in [0.29, 0.717) is 12.0 Å². The van der Waals surface area contributed by atoms with Crippen LogP contribution in [0.3, 0.4) is 0 Å². The first kappa shape index (κ1) is 38.5. The molecule has 2 aromatic rings. The number of carbonyl (C=O) groups is 4. The van der Waals surface area contributed by atoms with Crippen LogP contribution in [0, 0.1) is 0 Å². The minimum absolute atomic E-state index is 0.00258. The van der Waals surface area contributed by atoms with Crippen LogP contribution in [0.4, 0.5) is 0 Å². The average molecular weight is 638 g/mol. The number of esters is 3. The van der Waals surface area contributed by atoms with Crippen molar-refractivity contribution in [1.29, 1.82) is 0 Å². The third-order valence-electron chi connectivity index (χ3n) is 7.11. The standard InChI is InChI=1S/C38H55NO7/c1-37(2,3)45-35(42)31-24-22-29(23-25-31)18-14-11-9-7-8-10-12-17-21-33(40)39-32(36(43)46-38(4,5)6)26-27-34(41)44-28-30-19-15-13-16-20-30/h13,15-16,19-20,22-25,32H,7-12,14,17-18,21,26-28H2,1-6H3,(H,39,40)/t32-/m0/s1. The molecule has 8 nitrogen and oxygen atoms in total. The number of unbranched alkanes of at least 4 members (excludes halogenated alkanes) is 7. The zero-order valence-corrected chi connectivity index (χ0v) is 28.8. The molecule has 0 spiro atoms. The molecular weight excluding hydrogens is 582 g/mol. The Morgan fingerprint density at radius 1 is 0.652 bits per heavy atom. The van der Waals surface area contributed by atoms with Crippen LogP contribution in [0.25, 0.3) is 0 Å². The lowest BCUT2D eigenvalue weighted by molar-refractivity contribution is -0.159. The molecule has 0 aliphatic rings. The molecular formula is C38H55NO7. The van der Waals surface area contributed by atoms with Crippen molar-refractivity contribution in [3.05, 3.63) is 71.3 Å². The van der Waals surface area contributed by atoms with Gasteiger partial charge in [-0.25, -0.2) is 9.59 Å². The summed E-state index contributed by atoms with van der Waals surface area (Å²) >= 11 is 0. The highest BCUT2D eigenvalue weighted by atomic mass is 16.6. The normalized spacial score (nSPS) is 12.2. The van der Waals surface area contributed by atoms with Crippen molar-refractivity contribution >= 4 is 23.8 Å². The van der Waals surface area contributed by atoms with Crippen molar-refractivity contribution in [1.82, 2.24) is 5.32 Å². The number of aryl methyl sites for hydroxylation is 1. The van der Waals surface area contributed by atoms with Gasteiger partial charge in [-0.05, 0) is 90.5 Å². The number of ether oxygens (including phenoxy) is 3. The summed E-state index contributed by atoms with van der Waals surface area (Å²) in [5, 5.41) is 2.78. The number of benzene rings is 2. The van der Waals surface area contributed by atoms with Crippen LogP contribution in [-0.4, -0.2) is 41.1 Å². The third-order valence-corrected chi connectivity index (χ3v) is 7.11. The second-order valence-electron chi connectivity index (χ2n) is 13.9.